The first-order valence-electron chi connectivity index (χ1n) is 3.31. The Kier molecular flexibility index (Phi) is 10.6. The monoisotopic (exact) mass is 472 g/mol. The van der Waals surface area contributed by atoms with Crippen LogP contribution in [0.2, 0.25) is 5.02 Å². The highest BCUT2D eigenvalue weighted by molar-refractivity contribution is 9.08. The fourth-order valence-corrected chi connectivity index (χ4v) is 2.04. The van der Waals surface area contributed by atoms with Crippen molar-refractivity contribution < 1.29 is 5.11 Å². The van der Waals surface area contributed by atoms with E-state index in [-0.39, 0.29) is 34.0 Å². The third-order valence-electron chi connectivity index (χ3n) is 1.52. The molecule has 0 aliphatic carbocycles. The third kappa shape index (κ3) is 4.39. The summed E-state index contributed by atoms with van der Waals surface area (Å²) < 4.78 is 0. The molecule has 0 saturated heterocycles. The molecule has 0 saturated carbocycles. The molecule has 1 rings (SSSR count). The lowest BCUT2D eigenvalue weighted by Crippen LogP contribution is -1.86. The van der Waals surface area contributed by atoms with Crippen molar-refractivity contribution in [2.45, 2.75) is 10.7 Å². The van der Waals surface area contributed by atoms with Crippen LogP contribution in [0.25, 0.3) is 0 Å². The first-order valence-corrected chi connectivity index (χ1v) is 5.93. The second kappa shape index (κ2) is 8.39. The van der Waals surface area contributed by atoms with Crippen molar-refractivity contribution in [2.75, 3.05) is 0 Å². The maximum Gasteiger partial charge on any atom is 0.123 e. The fraction of sp³-hybridized carbons (Fsp3) is 0.250. The van der Waals surface area contributed by atoms with E-state index in [1.807, 2.05) is 0 Å². The highest BCUT2D eigenvalue weighted by Crippen LogP contribution is 2.30. The average Bonchev–Trinajstić information content (AvgIpc) is 2.08. The Hall–Kier alpha value is 1.23. The van der Waals surface area contributed by atoms with Gasteiger partial charge in [-0.25, -0.2) is 0 Å². The minimum Gasteiger partial charge on any atom is -0.507 e. The van der Waals surface area contributed by atoms with Gasteiger partial charge in [0, 0.05) is 26.8 Å². The molecule has 6 heteroatoms. The van der Waals surface area contributed by atoms with E-state index in [4.69, 9.17) is 11.6 Å². The van der Waals surface area contributed by atoms with Crippen molar-refractivity contribution in [3.8, 4) is 5.75 Å². The zero-order chi connectivity index (χ0) is 9.14. The molecule has 0 atom stereocenters. The molecular formula is C8H9Br4ClO. The number of benzene rings is 1. The molecule has 0 amide bonds. The number of aromatic hydroxyl groups is 1. The van der Waals surface area contributed by atoms with Crippen LogP contribution in [0.4, 0.5) is 0 Å². The number of hydrogen-bond donors (Lipinski definition) is 1. The molecule has 1 N–H and O–H groups in total. The summed E-state index contributed by atoms with van der Waals surface area (Å²) in [6, 6.07) is 3.50. The molecule has 82 valence electrons. The molecule has 0 unspecified atom stereocenters. The molecule has 0 fully saturated rings. The molecule has 0 aliphatic rings. The predicted octanol–water partition coefficient (Wildman–Crippen LogP) is 4.99. The van der Waals surface area contributed by atoms with E-state index in [0.29, 0.717) is 21.4 Å². The summed E-state index contributed by atoms with van der Waals surface area (Å²) >= 11 is 12.4. The van der Waals surface area contributed by atoms with Crippen LogP contribution in [0, 0.1) is 0 Å². The summed E-state index contributed by atoms with van der Waals surface area (Å²) in [5.74, 6) is 0.313. The van der Waals surface area contributed by atoms with Crippen molar-refractivity contribution in [1.82, 2.24) is 0 Å². The van der Waals surface area contributed by atoms with Gasteiger partial charge in [-0.3, -0.25) is 0 Å². The first-order chi connectivity index (χ1) is 5.69. The van der Waals surface area contributed by atoms with Crippen molar-refractivity contribution in [1.29, 1.82) is 0 Å². The third-order valence-corrected chi connectivity index (χ3v) is 2.95. The van der Waals surface area contributed by atoms with Gasteiger partial charge in [0.25, 0.3) is 0 Å². The van der Waals surface area contributed by atoms with E-state index < -0.39 is 0 Å². The zero-order valence-electron chi connectivity index (χ0n) is 6.97. The van der Waals surface area contributed by atoms with Gasteiger partial charge in [0.15, 0.2) is 0 Å². The van der Waals surface area contributed by atoms with Gasteiger partial charge in [-0.1, -0.05) is 43.5 Å². The van der Waals surface area contributed by atoms with Crippen LogP contribution in [0.5, 0.6) is 5.75 Å². The van der Waals surface area contributed by atoms with Gasteiger partial charge in [0.2, 0.25) is 0 Å². The lowest BCUT2D eigenvalue weighted by molar-refractivity contribution is 0.466. The first kappa shape index (κ1) is 17.6. The largest absolute Gasteiger partial charge is 0.507 e. The molecular weight excluding hydrogens is 467 g/mol. The Bertz CT molecular complexity index is 268. The lowest BCUT2D eigenvalue weighted by Gasteiger charge is -2.06. The minimum absolute atomic E-state index is 0. The summed E-state index contributed by atoms with van der Waals surface area (Å²) in [5.41, 5.74) is 1.63. The van der Waals surface area contributed by atoms with Gasteiger partial charge in [-0.05, 0) is 12.1 Å². The Balaban J connectivity index is 0. The van der Waals surface area contributed by atoms with E-state index in [2.05, 4.69) is 31.9 Å². The van der Waals surface area contributed by atoms with E-state index in [1.165, 1.54) is 0 Å². The van der Waals surface area contributed by atoms with E-state index in [9.17, 15) is 5.11 Å². The van der Waals surface area contributed by atoms with Crippen LogP contribution in [-0.4, -0.2) is 5.11 Å². The van der Waals surface area contributed by atoms with Gasteiger partial charge in [-0.15, -0.1) is 34.0 Å². The van der Waals surface area contributed by atoms with Gasteiger partial charge in [0.1, 0.15) is 5.75 Å². The molecule has 0 spiro atoms. The second-order valence-electron chi connectivity index (χ2n) is 2.34. The zero-order valence-corrected chi connectivity index (χ0v) is 14.3. The molecule has 0 aliphatic heterocycles. The number of rotatable bonds is 2. The Morgan fingerprint density at radius 2 is 1.43 bits per heavy atom. The second-order valence-corrected chi connectivity index (χ2v) is 3.90. The van der Waals surface area contributed by atoms with Gasteiger partial charge in [0.05, 0.1) is 0 Å². The molecule has 1 aromatic rings. The van der Waals surface area contributed by atoms with Crippen molar-refractivity contribution in [3.05, 3.63) is 28.3 Å². The van der Waals surface area contributed by atoms with E-state index in [1.54, 1.807) is 12.1 Å². The van der Waals surface area contributed by atoms with Gasteiger partial charge >= 0.3 is 0 Å². The Morgan fingerprint density at radius 1 is 1.07 bits per heavy atom. The SMILES string of the molecule is Br.Br.Oc1c(CBr)cc(Cl)cc1CBr. The maximum atomic E-state index is 9.59. The van der Waals surface area contributed by atoms with Gasteiger partial charge < -0.3 is 5.11 Å². The molecule has 1 nitrogen and oxygen atoms in total. The van der Waals surface area contributed by atoms with Crippen molar-refractivity contribution in [3.63, 3.8) is 0 Å². The van der Waals surface area contributed by atoms with Crippen LogP contribution >= 0.6 is 77.4 Å². The summed E-state index contributed by atoms with van der Waals surface area (Å²) in [5, 5.41) is 11.5. The predicted molar refractivity (Wildman–Crippen MR) is 79.0 cm³/mol. The molecule has 0 aromatic heterocycles. The summed E-state index contributed by atoms with van der Waals surface area (Å²) in [7, 11) is 0. The highest BCUT2D eigenvalue weighted by atomic mass is 79.9. The van der Waals surface area contributed by atoms with Crippen LogP contribution in [0.15, 0.2) is 12.1 Å². The topological polar surface area (TPSA) is 20.2 Å². The van der Waals surface area contributed by atoms with Crippen LogP contribution < -0.4 is 0 Å². The lowest BCUT2D eigenvalue weighted by atomic mass is 10.1. The quantitative estimate of drug-likeness (QED) is 0.597. The van der Waals surface area contributed by atoms with Crippen LogP contribution in [0.1, 0.15) is 11.1 Å². The summed E-state index contributed by atoms with van der Waals surface area (Å²) in [4.78, 5) is 0. The summed E-state index contributed by atoms with van der Waals surface area (Å²) in [6.07, 6.45) is 0. The number of phenolic OH excluding ortho intramolecular Hbond substituents is 1. The van der Waals surface area contributed by atoms with E-state index in [0.717, 1.165) is 11.1 Å². The van der Waals surface area contributed by atoms with Crippen molar-refractivity contribution in [2.24, 2.45) is 0 Å². The van der Waals surface area contributed by atoms with Crippen LogP contribution in [0.3, 0.4) is 0 Å². The molecule has 0 heterocycles. The average molecular weight is 476 g/mol. The maximum absolute atomic E-state index is 9.59. The number of alkyl halides is 2. The smallest absolute Gasteiger partial charge is 0.123 e. The Labute approximate surface area is 126 Å². The van der Waals surface area contributed by atoms with Crippen LogP contribution in [-0.2, 0) is 10.7 Å². The summed E-state index contributed by atoms with van der Waals surface area (Å²) in [6.45, 7) is 0. The molecule has 1 aromatic carbocycles. The van der Waals surface area contributed by atoms with Gasteiger partial charge in [-0.2, -0.15) is 0 Å². The van der Waals surface area contributed by atoms with E-state index >= 15 is 0 Å². The van der Waals surface area contributed by atoms with Crippen molar-refractivity contribution >= 4 is 77.4 Å². The number of halogens is 5. The molecule has 0 bridgehead atoms. The Morgan fingerprint density at radius 3 is 1.71 bits per heavy atom. The standard InChI is InChI=1S/C8H7Br2ClO.2BrH/c9-3-5-1-7(11)2-6(4-10)8(5)12;;/h1-2,12H,3-4H2;2*1H. The number of phenols is 1. The fourth-order valence-electron chi connectivity index (χ4n) is 0.921. The highest BCUT2D eigenvalue weighted by Gasteiger charge is 2.06. The normalized spacial score (nSPS) is 8.79. The number of hydrogen-bond acceptors (Lipinski definition) is 1. The minimum atomic E-state index is 0. The molecule has 14 heavy (non-hydrogen) atoms. The molecule has 0 radical (unpaired) electrons.